The number of aromatic nitrogens is 4. The quantitative estimate of drug-likeness (QED) is 0.336. The molecule has 1 atom stereocenters. The first-order chi connectivity index (χ1) is 12.4. The number of carbonyl (C=O) groups is 1. The lowest BCUT2D eigenvalue weighted by Crippen LogP contribution is -2.31. The molecule has 0 aliphatic carbocycles. The highest BCUT2D eigenvalue weighted by atomic mass is 35.5. The molecule has 2 aromatic heterocycles. The number of halogens is 1. The molecule has 0 spiro atoms. The van der Waals surface area contributed by atoms with E-state index in [1.54, 1.807) is 20.8 Å². The van der Waals surface area contributed by atoms with Crippen LogP contribution in [0.2, 0.25) is 5.15 Å². The van der Waals surface area contributed by atoms with Crippen LogP contribution in [0.1, 0.15) is 20.8 Å². The van der Waals surface area contributed by atoms with Crippen molar-refractivity contribution in [2.75, 3.05) is 18.7 Å². The number of nitrogens with zero attached hydrogens (tertiary/aromatic N) is 4. The Labute approximate surface area is 160 Å². The summed E-state index contributed by atoms with van der Waals surface area (Å²) in [5.74, 6) is -0.529. The van der Waals surface area contributed by atoms with Crippen LogP contribution >= 0.6 is 19.2 Å². The summed E-state index contributed by atoms with van der Waals surface area (Å²) >= 11 is 5.98. The van der Waals surface area contributed by atoms with E-state index < -0.39 is 31.4 Å². The maximum atomic E-state index is 12.0. The minimum Gasteiger partial charge on any atom is -0.462 e. The fraction of sp³-hybridized carbons (Fsp3) is 0.571. The zero-order chi connectivity index (χ0) is 20.4. The second kappa shape index (κ2) is 8.07. The van der Waals surface area contributed by atoms with Gasteiger partial charge in [0.2, 0.25) is 5.95 Å². The average molecular weight is 422 g/mol. The molecule has 0 unspecified atom stereocenters. The molecule has 27 heavy (non-hydrogen) atoms. The van der Waals surface area contributed by atoms with Crippen LogP contribution in [0.5, 0.6) is 0 Å². The van der Waals surface area contributed by atoms with Crippen molar-refractivity contribution in [3.8, 4) is 0 Å². The molecule has 0 radical (unpaired) electrons. The number of hydrogen-bond acceptors (Lipinski definition) is 8. The second-order valence-electron chi connectivity index (χ2n) is 6.87. The van der Waals surface area contributed by atoms with Gasteiger partial charge in [-0.15, -0.1) is 0 Å². The van der Waals surface area contributed by atoms with Gasteiger partial charge in [0.1, 0.15) is 24.6 Å². The first-order valence-electron chi connectivity index (χ1n) is 7.84. The summed E-state index contributed by atoms with van der Waals surface area (Å²) in [6.07, 6.45) is -0.282. The zero-order valence-electron chi connectivity index (χ0n) is 15.0. The molecule has 2 rings (SSSR count). The number of carbonyl (C=O) groups excluding carboxylic acids is 1. The molecular weight excluding hydrogens is 401 g/mol. The molecule has 0 saturated carbocycles. The van der Waals surface area contributed by atoms with Crippen molar-refractivity contribution in [2.45, 2.75) is 33.4 Å². The van der Waals surface area contributed by atoms with E-state index in [-0.39, 0.29) is 24.3 Å². The Kier molecular flexibility index (Phi) is 6.43. The Bertz CT molecular complexity index is 877. The number of hydrogen-bond donors (Lipinski definition) is 3. The topological polar surface area (TPSA) is 163 Å². The van der Waals surface area contributed by atoms with Gasteiger partial charge >= 0.3 is 13.6 Å². The van der Waals surface area contributed by atoms with E-state index in [0.29, 0.717) is 11.2 Å². The first-order valence-corrected chi connectivity index (χ1v) is 10.0. The number of rotatable bonds is 7. The fourth-order valence-electron chi connectivity index (χ4n) is 2.02. The number of imidazole rings is 1. The summed E-state index contributed by atoms with van der Waals surface area (Å²) in [7, 11) is -4.41. The van der Waals surface area contributed by atoms with Gasteiger partial charge in [-0.3, -0.25) is 9.36 Å². The second-order valence-corrected chi connectivity index (χ2v) is 8.82. The Balaban J connectivity index is 2.20. The smallest absolute Gasteiger partial charge is 0.350 e. The summed E-state index contributed by atoms with van der Waals surface area (Å²) in [4.78, 5) is 42.0. The van der Waals surface area contributed by atoms with Gasteiger partial charge in [0, 0.05) is 0 Å². The van der Waals surface area contributed by atoms with E-state index >= 15 is 0 Å². The third kappa shape index (κ3) is 6.12. The summed E-state index contributed by atoms with van der Waals surface area (Å²) < 4.78 is 23.1. The molecule has 0 bridgehead atoms. The van der Waals surface area contributed by atoms with Crippen LogP contribution in [0, 0.1) is 5.41 Å². The molecule has 0 amide bonds. The van der Waals surface area contributed by atoms with Crippen LogP contribution in [0.15, 0.2) is 6.33 Å². The molecule has 4 N–H and O–H groups in total. The van der Waals surface area contributed by atoms with Crippen molar-refractivity contribution < 1.29 is 28.6 Å². The van der Waals surface area contributed by atoms with Crippen LogP contribution in [-0.4, -0.2) is 54.3 Å². The summed E-state index contributed by atoms with van der Waals surface area (Å²) in [5, 5.41) is 0.0723. The molecule has 0 fully saturated rings. The molecular formula is C14H21ClN5O6P. The van der Waals surface area contributed by atoms with E-state index in [2.05, 4.69) is 15.0 Å². The highest BCUT2D eigenvalue weighted by molar-refractivity contribution is 7.51. The molecule has 0 aliphatic heterocycles. The van der Waals surface area contributed by atoms with Crippen LogP contribution in [-0.2, 0) is 25.4 Å². The van der Waals surface area contributed by atoms with E-state index in [4.69, 9.17) is 36.6 Å². The summed E-state index contributed by atoms with van der Waals surface area (Å²) in [6, 6.07) is 0. The van der Waals surface area contributed by atoms with Gasteiger partial charge < -0.3 is 29.6 Å². The van der Waals surface area contributed by atoms with E-state index in [1.807, 2.05) is 0 Å². The van der Waals surface area contributed by atoms with Gasteiger partial charge in [-0.05, 0) is 20.8 Å². The predicted molar refractivity (Wildman–Crippen MR) is 96.9 cm³/mol. The fourth-order valence-corrected chi connectivity index (χ4v) is 2.64. The molecule has 0 aliphatic rings. The Morgan fingerprint density at radius 1 is 1.41 bits per heavy atom. The van der Waals surface area contributed by atoms with Crippen LogP contribution in [0.3, 0.4) is 0 Å². The predicted octanol–water partition coefficient (Wildman–Crippen LogP) is 1.17. The maximum absolute atomic E-state index is 12.0. The molecule has 0 saturated heterocycles. The molecule has 11 nitrogen and oxygen atoms in total. The lowest BCUT2D eigenvalue weighted by Gasteiger charge is -2.22. The Morgan fingerprint density at radius 2 is 2.07 bits per heavy atom. The van der Waals surface area contributed by atoms with Gasteiger partial charge in [0.15, 0.2) is 10.8 Å². The zero-order valence-corrected chi connectivity index (χ0v) is 16.6. The molecule has 0 aromatic carbocycles. The number of nitrogens with two attached hydrogens (primary N) is 1. The van der Waals surface area contributed by atoms with Crippen molar-refractivity contribution in [1.82, 2.24) is 19.5 Å². The van der Waals surface area contributed by atoms with Crippen molar-refractivity contribution >= 4 is 42.3 Å². The van der Waals surface area contributed by atoms with Crippen LogP contribution in [0.4, 0.5) is 5.95 Å². The van der Waals surface area contributed by atoms with E-state index in [1.165, 1.54) is 10.9 Å². The Hall–Kier alpha value is -1.78. The van der Waals surface area contributed by atoms with Gasteiger partial charge in [-0.2, -0.15) is 9.97 Å². The number of nitrogen functional groups attached to an aromatic ring is 1. The third-order valence-corrected chi connectivity index (χ3v) is 4.08. The minimum atomic E-state index is -4.41. The normalized spacial score (nSPS) is 13.7. The van der Waals surface area contributed by atoms with Crippen molar-refractivity contribution in [1.29, 1.82) is 0 Å². The standard InChI is InChI=1S/C14H21ClN5O6P/c1-14(2,3)12(21)25-5-8(26-7-27(22,23)24)4-20-6-17-9-10(15)18-13(16)19-11(9)20/h6,8H,4-5,7H2,1-3H3,(H2,16,18,19)(H2,22,23,24)/t8-/m0/s1. The molecule has 13 heteroatoms. The number of ether oxygens (including phenoxy) is 2. The van der Waals surface area contributed by atoms with Gasteiger partial charge in [-0.25, -0.2) is 4.98 Å². The van der Waals surface area contributed by atoms with Crippen molar-refractivity contribution in [2.24, 2.45) is 5.41 Å². The molecule has 2 aromatic rings. The Morgan fingerprint density at radius 3 is 2.67 bits per heavy atom. The van der Waals surface area contributed by atoms with Crippen molar-refractivity contribution in [3.63, 3.8) is 0 Å². The first kappa shape index (κ1) is 21.5. The molecule has 150 valence electrons. The van der Waals surface area contributed by atoms with E-state index in [9.17, 15) is 9.36 Å². The summed E-state index contributed by atoms with van der Waals surface area (Å²) in [5.41, 5.74) is 5.49. The minimum absolute atomic E-state index is 0.0424. The third-order valence-electron chi connectivity index (χ3n) is 3.33. The van der Waals surface area contributed by atoms with Crippen LogP contribution in [0.25, 0.3) is 11.2 Å². The molecule has 2 heterocycles. The average Bonchev–Trinajstić information content (AvgIpc) is 2.91. The van der Waals surface area contributed by atoms with Gasteiger partial charge in [0.05, 0.1) is 18.3 Å². The highest BCUT2D eigenvalue weighted by Gasteiger charge is 2.26. The number of fused-ring (bicyclic) bond motifs is 1. The highest BCUT2D eigenvalue weighted by Crippen LogP contribution is 2.34. The van der Waals surface area contributed by atoms with Crippen molar-refractivity contribution in [3.05, 3.63) is 11.5 Å². The van der Waals surface area contributed by atoms with E-state index in [0.717, 1.165) is 0 Å². The SMILES string of the molecule is CC(C)(C)C(=O)OC[C@H](Cn1cnc2c(Cl)nc(N)nc21)OCP(=O)(O)O. The monoisotopic (exact) mass is 421 g/mol. The maximum Gasteiger partial charge on any atom is 0.350 e. The number of anilines is 1. The largest absolute Gasteiger partial charge is 0.462 e. The van der Waals surface area contributed by atoms with Gasteiger partial charge in [-0.1, -0.05) is 11.6 Å². The lowest BCUT2D eigenvalue weighted by atomic mass is 9.97. The summed E-state index contributed by atoms with van der Waals surface area (Å²) in [6.45, 7) is 4.88. The lowest BCUT2D eigenvalue weighted by molar-refractivity contribution is -0.157. The number of esters is 1. The van der Waals surface area contributed by atoms with Gasteiger partial charge in [0.25, 0.3) is 0 Å². The van der Waals surface area contributed by atoms with Crippen LogP contribution < -0.4 is 5.73 Å².